The number of hydrogen-bond donors (Lipinski definition) is 0. The molecule has 0 aliphatic rings. The number of hydrogen-bond acceptors (Lipinski definition) is 2. The summed E-state index contributed by atoms with van der Waals surface area (Å²) in [5, 5.41) is 0. The molecule has 0 amide bonds. The summed E-state index contributed by atoms with van der Waals surface area (Å²) in [6.45, 7) is 32.4. The second kappa shape index (κ2) is 16.3. The molecule has 234 valence electrons. The summed E-state index contributed by atoms with van der Waals surface area (Å²) in [6.07, 6.45) is 11.8. The van der Waals surface area contributed by atoms with Gasteiger partial charge in [-0.05, 0) is 94.6 Å². The van der Waals surface area contributed by atoms with Crippen LogP contribution in [-0.4, -0.2) is 13.2 Å². The fraction of sp³-hybridized carbons (Fsp3) is 0.600. The lowest BCUT2D eigenvalue weighted by molar-refractivity contribution is 0.268. The second-order valence-corrected chi connectivity index (χ2v) is 16.7. The Morgan fingerprint density at radius 2 is 0.905 bits per heavy atom. The fourth-order valence-corrected chi connectivity index (χ4v) is 5.53. The number of rotatable bonds is 11. The van der Waals surface area contributed by atoms with E-state index < -0.39 is 0 Å². The maximum absolute atomic E-state index is 5.57. The van der Waals surface area contributed by atoms with Crippen molar-refractivity contribution in [2.45, 2.75) is 121 Å². The third-order valence-electron chi connectivity index (χ3n) is 6.83. The zero-order chi connectivity index (χ0) is 32.2. The summed E-state index contributed by atoms with van der Waals surface area (Å²) < 4.78 is 11.0. The molecule has 2 aromatic rings. The average molecular weight is 575 g/mol. The van der Waals surface area contributed by atoms with Crippen LogP contribution in [0, 0.1) is 34.0 Å². The van der Waals surface area contributed by atoms with Gasteiger partial charge in [0.15, 0.2) is 0 Å². The average Bonchev–Trinajstić information content (AvgIpc) is 2.83. The van der Waals surface area contributed by atoms with Gasteiger partial charge >= 0.3 is 0 Å². The van der Waals surface area contributed by atoms with E-state index >= 15 is 0 Å². The molecule has 0 atom stereocenters. The molecule has 0 bridgehead atoms. The topological polar surface area (TPSA) is 18.5 Å². The number of ether oxygens (including phenoxy) is 2. The Labute approximate surface area is 260 Å². The second-order valence-electron chi connectivity index (χ2n) is 16.7. The van der Waals surface area contributed by atoms with Crippen molar-refractivity contribution in [1.29, 1.82) is 0 Å². The van der Waals surface area contributed by atoms with Crippen LogP contribution in [0.1, 0.15) is 132 Å². The van der Waals surface area contributed by atoms with Crippen LogP contribution in [0.5, 0.6) is 11.5 Å². The Hall–Kier alpha value is -2.66. The van der Waals surface area contributed by atoms with Gasteiger partial charge in [0.1, 0.15) is 24.7 Å². The maximum Gasteiger partial charge on any atom is 0.148 e. The predicted octanol–water partition coefficient (Wildman–Crippen LogP) is 11.9. The highest BCUT2D eigenvalue weighted by Gasteiger charge is 2.26. The summed E-state index contributed by atoms with van der Waals surface area (Å²) in [7, 11) is 0. The van der Waals surface area contributed by atoms with E-state index in [-0.39, 0.29) is 0 Å². The van der Waals surface area contributed by atoms with Gasteiger partial charge in [-0.2, -0.15) is 0 Å². The van der Waals surface area contributed by atoms with E-state index in [2.05, 4.69) is 132 Å². The van der Waals surface area contributed by atoms with Gasteiger partial charge in [-0.25, -0.2) is 0 Å². The molecule has 0 fully saturated rings. The molecule has 0 radical (unpaired) electrons. The Kier molecular flexibility index (Phi) is 14.5. The molecule has 0 N–H and O–H groups in total. The molecular formula is C40H62O2. The third kappa shape index (κ3) is 17.3. The maximum atomic E-state index is 5.57. The van der Waals surface area contributed by atoms with E-state index in [0.717, 1.165) is 11.5 Å². The van der Waals surface area contributed by atoms with Crippen LogP contribution in [0.2, 0.25) is 0 Å². The van der Waals surface area contributed by atoms with E-state index in [1.54, 1.807) is 6.08 Å². The monoisotopic (exact) mass is 574 g/mol. The molecule has 42 heavy (non-hydrogen) atoms. The standard InChI is InChI=1S/C20H32O.C20H30O/c2*1-8-13-21-18-11-9-16(10-12-18)17(14-19(2,3)4)15-20(5,6)7/h8-12,17H,1,13-15H2,2-7H3;1,9-12,17H,13-15H2,2-7H3. The molecule has 0 aromatic heterocycles. The highest BCUT2D eigenvalue weighted by atomic mass is 16.5. The SMILES string of the molecule is C#CCOc1ccc(C(CC(C)(C)C)CC(C)(C)C)cc1.C=CCOc1ccc(C(CC(C)(C)C)CC(C)(C)C)cc1. The molecule has 2 rings (SSSR count). The molecular weight excluding hydrogens is 512 g/mol. The smallest absolute Gasteiger partial charge is 0.148 e. The van der Waals surface area contributed by atoms with Gasteiger partial charge in [0.2, 0.25) is 0 Å². The first kappa shape index (κ1) is 37.4. The van der Waals surface area contributed by atoms with Crippen LogP contribution < -0.4 is 9.47 Å². The minimum atomic E-state index is 0.326. The minimum absolute atomic E-state index is 0.326. The molecule has 0 saturated heterocycles. The first-order valence-corrected chi connectivity index (χ1v) is 15.7. The van der Waals surface area contributed by atoms with Crippen molar-refractivity contribution in [2.24, 2.45) is 21.7 Å². The molecule has 0 spiro atoms. The molecule has 0 heterocycles. The van der Waals surface area contributed by atoms with E-state index in [0.29, 0.717) is 46.7 Å². The predicted molar refractivity (Wildman–Crippen MR) is 185 cm³/mol. The van der Waals surface area contributed by atoms with Crippen molar-refractivity contribution < 1.29 is 9.47 Å². The zero-order valence-electron chi connectivity index (χ0n) is 29.2. The fourth-order valence-electron chi connectivity index (χ4n) is 5.53. The van der Waals surface area contributed by atoms with Gasteiger partial charge in [-0.15, -0.1) is 6.42 Å². The van der Waals surface area contributed by atoms with Gasteiger partial charge < -0.3 is 9.47 Å². The van der Waals surface area contributed by atoms with Gasteiger partial charge in [-0.3, -0.25) is 0 Å². The molecule has 2 aromatic carbocycles. The Morgan fingerprint density at radius 3 is 1.17 bits per heavy atom. The van der Waals surface area contributed by atoms with Gasteiger partial charge in [0.25, 0.3) is 0 Å². The van der Waals surface area contributed by atoms with Crippen LogP contribution in [-0.2, 0) is 0 Å². The Balaban J connectivity index is 0.000000420. The van der Waals surface area contributed by atoms with Crippen molar-refractivity contribution in [3.05, 3.63) is 72.3 Å². The lowest BCUT2D eigenvalue weighted by atomic mass is 9.74. The Bertz CT molecular complexity index is 1040. The van der Waals surface area contributed by atoms with Crippen LogP contribution in [0.3, 0.4) is 0 Å². The number of benzene rings is 2. The summed E-state index contributed by atoms with van der Waals surface area (Å²) in [5.74, 6) is 5.43. The van der Waals surface area contributed by atoms with E-state index in [9.17, 15) is 0 Å². The van der Waals surface area contributed by atoms with Crippen molar-refractivity contribution in [3.63, 3.8) is 0 Å². The van der Waals surface area contributed by atoms with Crippen molar-refractivity contribution in [1.82, 2.24) is 0 Å². The van der Waals surface area contributed by atoms with Crippen LogP contribution in [0.15, 0.2) is 61.2 Å². The normalized spacial score (nSPS) is 12.4. The third-order valence-corrected chi connectivity index (χ3v) is 6.83. The van der Waals surface area contributed by atoms with Gasteiger partial charge in [-0.1, -0.05) is 126 Å². The first-order chi connectivity index (χ1) is 19.2. The highest BCUT2D eigenvalue weighted by Crippen LogP contribution is 2.40. The lowest BCUT2D eigenvalue weighted by Gasteiger charge is -2.31. The zero-order valence-corrected chi connectivity index (χ0v) is 29.2. The largest absolute Gasteiger partial charge is 0.490 e. The quantitative estimate of drug-likeness (QED) is 0.196. The number of terminal acetylenes is 1. The highest BCUT2D eigenvalue weighted by molar-refractivity contribution is 5.31. The van der Waals surface area contributed by atoms with Crippen molar-refractivity contribution >= 4 is 0 Å². The van der Waals surface area contributed by atoms with Crippen LogP contribution in [0.25, 0.3) is 0 Å². The summed E-state index contributed by atoms with van der Waals surface area (Å²) >= 11 is 0. The molecule has 2 nitrogen and oxygen atoms in total. The van der Waals surface area contributed by atoms with E-state index in [1.807, 2.05) is 12.1 Å². The molecule has 0 aliphatic heterocycles. The summed E-state index contributed by atoms with van der Waals surface area (Å²) in [4.78, 5) is 0. The molecule has 2 heteroatoms. The van der Waals surface area contributed by atoms with Gasteiger partial charge in [0.05, 0.1) is 0 Å². The summed E-state index contributed by atoms with van der Waals surface area (Å²) in [5.41, 5.74) is 4.16. The van der Waals surface area contributed by atoms with Crippen LogP contribution in [0.4, 0.5) is 0 Å². The van der Waals surface area contributed by atoms with E-state index in [4.69, 9.17) is 15.9 Å². The molecule has 0 saturated carbocycles. The lowest BCUT2D eigenvalue weighted by Crippen LogP contribution is -2.18. The Morgan fingerprint density at radius 1 is 0.595 bits per heavy atom. The minimum Gasteiger partial charge on any atom is -0.490 e. The van der Waals surface area contributed by atoms with Crippen molar-refractivity contribution in [2.75, 3.05) is 13.2 Å². The first-order valence-electron chi connectivity index (χ1n) is 15.7. The van der Waals surface area contributed by atoms with Gasteiger partial charge in [0, 0.05) is 0 Å². The molecule has 0 unspecified atom stereocenters. The van der Waals surface area contributed by atoms with E-state index in [1.165, 1.54) is 36.8 Å². The summed E-state index contributed by atoms with van der Waals surface area (Å²) in [6, 6.07) is 17.0. The molecule has 0 aliphatic carbocycles. The van der Waals surface area contributed by atoms with Crippen LogP contribution >= 0.6 is 0 Å². The van der Waals surface area contributed by atoms with Crippen molar-refractivity contribution in [3.8, 4) is 23.8 Å².